The van der Waals surface area contributed by atoms with Gasteiger partial charge in [0, 0.05) is 5.02 Å². The molecule has 0 radical (unpaired) electrons. The van der Waals surface area contributed by atoms with Crippen LogP contribution in [0.2, 0.25) is 5.02 Å². The van der Waals surface area contributed by atoms with Gasteiger partial charge in [0.25, 0.3) is 5.88 Å². The highest BCUT2D eigenvalue weighted by Crippen LogP contribution is 2.26. The summed E-state index contributed by atoms with van der Waals surface area (Å²) in [5.74, 6) is 0.896. The van der Waals surface area contributed by atoms with Gasteiger partial charge in [-0.05, 0) is 35.4 Å². The SMILES string of the molecule is OCc1[nH]nnc1Oc1ccc(-c2ccc(Cl)cc2)cc1. The highest BCUT2D eigenvalue weighted by Gasteiger charge is 2.08. The van der Waals surface area contributed by atoms with E-state index in [0.717, 1.165) is 11.1 Å². The van der Waals surface area contributed by atoms with Gasteiger partial charge in [-0.15, -0.1) is 0 Å². The summed E-state index contributed by atoms with van der Waals surface area (Å²) < 4.78 is 5.56. The van der Waals surface area contributed by atoms with Crippen LogP contribution in [0, 0.1) is 0 Å². The van der Waals surface area contributed by atoms with Crippen LogP contribution in [0.3, 0.4) is 0 Å². The second kappa shape index (κ2) is 5.95. The molecule has 2 aromatic carbocycles. The Morgan fingerprint density at radius 3 is 2.24 bits per heavy atom. The molecule has 3 rings (SSSR count). The van der Waals surface area contributed by atoms with Gasteiger partial charge in [-0.2, -0.15) is 0 Å². The second-order valence-corrected chi connectivity index (χ2v) is 4.82. The van der Waals surface area contributed by atoms with E-state index in [1.54, 1.807) is 0 Å². The molecule has 2 N–H and O–H groups in total. The standard InChI is InChI=1S/C15H12ClN3O2/c16-12-5-1-10(2-6-12)11-3-7-13(8-4-11)21-15-14(9-20)17-19-18-15/h1-8,20H,9H2,(H,17,18,19). The zero-order chi connectivity index (χ0) is 14.7. The van der Waals surface area contributed by atoms with Crippen molar-refractivity contribution in [1.82, 2.24) is 15.4 Å². The van der Waals surface area contributed by atoms with Crippen LogP contribution >= 0.6 is 11.6 Å². The minimum absolute atomic E-state index is 0.203. The maximum Gasteiger partial charge on any atom is 0.264 e. The Hall–Kier alpha value is -2.37. The molecule has 0 amide bonds. The fourth-order valence-corrected chi connectivity index (χ4v) is 2.02. The van der Waals surface area contributed by atoms with E-state index < -0.39 is 0 Å². The summed E-state index contributed by atoms with van der Waals surface area (Å²) in [6, 6.07) is 15.2. The van der Waals surface area contributed by atoms with E-state index in [0.29, 0.717) is 16.5 Å². The molecule has 106 valence electrons. The molecule has 0 unspecified atom stereocenters. The first-order chi connectivity index (χ1) is 10.3. The van der Waals surface area contributed by atoms with Crippen LogP contribution in [0.5, 0.6) is 11.6 Å². The van der Waals surface area contributed by atoms with Gasteiger partial charge in [-0.3, -0.25) is 5.10 Å². The summed E-state index contributed by atoms with van der Waals surface area (Å²) in [6.45, 7) is -0.203. The van der Waals surface area contributed by atoms with Crippen molar-refractivity contribution in [3.63, 3.8) is 0 Å². The number of aliphatic hydroxyl groups is 1. The summed E-state index contributed by atoms with van der Waals surface area (Å²) in [6.07, 6.45) is 0. The molecule has 21 heavy (non-hydrogen) atoms. The maximum atomic E-state index is 9.10. The lowest BCUT2D eigenvalue weighted by atomic mass is 10.1. The topological polar surface area (TPSA) is 71.0 Å². The van der Waals surface area contributed by atoms with Gasteiger partial charge >= 0.3 is 0 Å². The van der Waals surface area contributed by atoms with Gasteiger partial charge in [-0.25, -0.2) is 0 Å². The van der Waals surface area contributed by atoms with Gasteiger partial charge in [-0.1, -0.05) is 46.2 Å². The molecule has 0 bridgehead atoms. The van der Waals surface area contributed by atoms with E-state index in [1.807, 2.05) is 48.5 Å². The Bertz CT molecular complexity index is 723. The molecule has 0 saturated heterocycles. The number of nitrogens with zero attached hydrogens (tertiary/aromatic N) is 2. The summed E-state index contributed by atoms with van der Waals surface area (Å²) >= 11 is 5.88. The molecule has 1 heterocycles. The predicted octanol–water partition coefficient (Wildman–Crippen LogP) is 3.41. The third-order valence-electron chi connectivity index (χ3n) is 2.99. The molecule has 0 aliphatic heterocycles. The zero-order valence-corrected chi connectivity index (χ0v) is 11.7. The van der Waals surface area contributed by atoms with Crippen molar-refractivity contribution in [3.05, 3.63) is 59.2 Å². The van der Waals surface area contributed by atoms with Crippen LogP contribution in [0.4, 0.5) is 0 Å². The summed E-state index contributed by atoms with van der Waals surface area (Å²) in [5.41, 5.74) is 2.57. The first-order valence-electron chi connectivity index (χ1n) is 6.31. The number of aromatic amines is 1. The average molecular weight is 302 g/mol. The Morgan fingerprint density at radius 1 is 1.00 bits per heavy atom. The van der Waals surface area contributed by atoms with Crippen LogP contribution in [-0.4, -0.2) is 20.5 Å². The van der Waals surface area contributed by atoms with Crippen LogP contribution in [0.15, 0.2) is 48.5 Å². The predicted molar refractivity (Wildman–Crippen MR) is 79.3 cm³/mol. The number of ether oxygens (including phenoxy) is 1. The summed E-state index contributed by atoms with van der Waals surface area (Å²) in [5, 5.41) is 19.7. The molecule has 0 aliphatic rings. The van der Waals surface area contributed by atoms with Crippen LogP contribution in [0.25, 0.3) is 11.1 Å². The smallest absolute Gasteiger partial charge is 0.264 e. The van der Waals surface area contributed by atoms with Crippen molar-refractivity contribution in [2.24, 2.45) is 0 Å². The lowest BCUT2D eigenvalue weighted by Crippen LogP contribution is -1.90. The van der Waals surface area contributed by atoms with Gasteiger partial charge in [0.05, 0.1) is 6.61 Å². The molecular weight excluding hydrogens is 290 g/mol. The van der Waals surface area contributed by atoms with Crippen LogP contribution in [-0.2, 0) is 6.61 Å². The number of H-pyrrole nitrogens is 1. The van der Waals surface area contributed by atoms with E-state index in [1.165, 1.54) is 0 Å². The Kier molecular flexibility index (Phi) is 3.85. The highest BCUT2D eigenvalue weighted by molar-refractivity contribution is 6.30. The quantitative estimate of drug-likeness (QED) is 0.774. The normalized spacial score (nSPS) is 10.6. The molecule has 0 atom stereocenters. The summed E-state index contributed by atoms with van der Waals surface area (Å²) in [7, 11) is 0. The number of aliphatic hydroxyl groups excluding tert-OH is 1. The average Bonchev–Trinajstić information content (AvgIpc) is 2.96. The monoisotopic (exact) mass is 301 g/mol. The van der Waals surface area contributed by atoms with Crippen molar-refractivity contribution in [3.8, 4) is 22.8 Å². The number of aromatic nitrogens is 3. The van der Waals surface area contributed by atoms with Crippen molar-refractivity contribution in [2.75, 3.05) is 0 Å². The molecule has 0 aliphatic carbocycles. The van der Waals surface area contributed by atoms with Gasteiger partial charge in [0.2, 0.25) is 0 Å². The highest BCUT2D eigenvalue weighted by atomic mass is 35.5. The Balaban J connectivity index is 1.79. The molecule has 0 spiro atoms. The van der Waals surface area contributed by atoms with E-state index in [9.17, 15) is 0 Å². The van der Waals surface area contributed by atoms with Crippen molar-refractivity contribution < 1.29 is 9.84 Å². The molecular formula is C15H12ClN3O2. The van der Waals surface area contributed by atoms with E-state index in [2.05, 4.69) is 15.4 Å². The fourth-order valence-electron chi connectivity index (χ4n) is 1.89. The third kappa shape index (κ3) is 3.04. The number of hydrogen-bond donors (Lipinski definition) is 2. The number of benzene rings is 2. The minimum atomic E-state index is -0.203. The fraction of sp³-hybridized carbons (Fsp3) is 0.0667. The molecule has 6 heteroatoms. The van der Waals surface area contributed by atoms with E-state index in [4.69, 9.17) is 21.4 Å². The van der Waals surface area contributed by atoms with Crippen LogP contribution in [0.1, 0.15) is 5.69 Å². The number of hydrogen-bond acceptors (Lipinski definition) is 4. The zero-order valence-electron chi connectivity index (χ0n) is 11.0. The largest absolute Gasteiger partial charge is 0.436 e. The molecule has 0 fully saturated rings. The van der Waals surface area contributed by atoms with Crippen molar-refractivity contribution >= 4 is 11.6 Å². The summed E-state index contributed by atoms with van der Waals surface area (Å²) in [4.78, 5) is 0. The number of nitrogens with one attached hydrogen (secondary N) is 1. The molecule has 5 nitrogen and oxygen atoms in total. The van der Waals surface area contributed by atoms with E-state index in [-0.39, 0.29) is 12.5 Å². The lowest BCUT2D eigenvalue weighted by molar-refractivity contribution is 0.271. The van der Waals surface area contributed by atoms with Gasteiger partial charge in [0.1, 0.15) is 11.4 Å². The molecule has 3 aromatic rings. The minimum Gasteiger partial charge on any atom is -0.436 e. The van der Waals surface area contributed by atoms with Crippen molar-refractivity contribution in [2.45, 2.75) is 6.61 Å². The van der Waals surface area contributed by atoms with Crippen LogP contribution < -0.4 is 4.74 Å². The Morgan fingerprint density at radius 2 is 1.62 bits per heavy atom. The molecule has 0 saturated carbocycles. The van der Waals surface area contributed by atoms with Gasteiger partial charge in [0.15, 0.2) is 0 Å². The Labute approximate surface area is 126 Å². The third-order valence-corrected chi connectivity index (χ3v) is 3.24. The first kappa shape index (κ1) is 13.6. The van der Waals surface area contributed by atoms with Gasteiger partial charge < -0.3 is 9.84 Å². The first-order valence-corrected chi connectivity index (χ1v) is 6.68. The van der Waals surface area contributed by atoms with Crippen molar-refractivity contribution in [1.29, 1.82) is 0 Å². The number of rotatable bonds is 4. The second-order valence-electron chi connectivity index (χ2n) is 4.39. The van der Waals surface area contributed by atoms with E-state index >= 15 is 0 Å². The molecule has 1 aromatic heterocycles. The lowest BCUT2D eigenvalue weighted by Gasteiger charge is -2.05. The maximum absolute atomic E-state index is 9.10. The number of halogens is 1.